The molecule has 100 valence electrons. The first-order valence-electron chi connectivity index (χ1n) is 6.43. The molecule has 2 rings (SSSR count). The van der Waals surface area contributed by atoms with E-state index in [4.69, 9.17) is 5.11 Å². The van der Waals surface area contributed by atoms with Crippen LogP contribution < -0.4 is 5.32 Å². The van der Waals surface area contributed by atoms with Crippen LogP contribution in [-0.2, 0) is 16.1 Å². The van der Waals surface area contributed by atoms with E-state index in [0.717, 1.165) is 36.5 Å². The minimum absolute atomic E-state index is 0.123. The molecule has 0 radical (unpaired) electrons. The number of rotatable bonds is 5. The third-order valence-electron chi connectivity index (χ3n) is 3.31. The average molecular weight is 259 g/mol. The Morgan fingerprint density at radius 1 is 1.37 bits per heavy atom. The Labute approximate surface area is 112 Å². The van der Waals surface area contributed by atoms with Crippen LogP contribution in [0.15, 0.2) is 30.3 Å². The number of carboxylic acid groups (broad SMARTS) is 1. The number of hydrogen-bond acceptors (Lipinski definition) is 2. The van der Waals surface area contributed by atoms with Gasteiger partial charge in [0, 0.05) is 18.5 Å². The molecular weight excluding hydrogens is 242 g/mol. The summed E-state index contributed by atoms with van der Waals surface area (Å²) in [6.45, 7) is 0.490. The number of benzene rings is 1. The van der Waals surface area contributed by atoms with E-state index in [2.05, 4.69) is 5.32 Å². The number of nitrogens with one attached hydrogen (secondary N) is 1. The Kier molecular flexibility index (Phi) is 4.34. The van der Waals surface area contributed by atoms with Crippen LogP contribution in [-0.4, -0.2) is 17.0 Å². The van der Waals surface area contributed by atoms with Gasteiger partial charge >= 0.3 is 5.97 Å². The largest absolute Gasteiger partial charge is 0.478 e. The summed E-state index contributed by atoms with van der Waals surface area (Å²) in [5.74, 6) is -0.656. The average Bonchev–Trinajstić information content (AvgIpc) is 2.32. The van der Waals surface area contributed by atoms with Crippen molar-refractivity contribution >= 4 is 18.0 Å². The van der Waals surface area contributed by atoms with E-state index in [1.54, 1.807) is 6.08 Å². The van der Waals surface area contributed by atoms with Crippen molar-refractivity contribution < 1.29 is 14.7 Å². The van der Waals surface area contributed by atoms with Crippen molar-refractivity contribution in [1.29, 1.82) is 0 Å². The maximum atomic E-state index is 11.7. The molecule has 0 spiro atoms. The van der Waals surface area contributed by atoms with Gasteiger partial charge in [-0.3, -0.25) is 4.79 Å². The van der Waals surface area contributed by atoms with Gasteiger partial charge in [0.15, 0.2) is 0 Å². The summed E-state index contributed by atoms with van der Waals surface area (Å²) in [7, 11) is 0. The molecule has 0 atom stereocenters. The molecule has 0 aliphatic heterocycles. The van der Waals surface area contributed by atoms with Crippen LogP contribution in [0.1, 0.15) is 30.4 Å². The first-order chi connectivity index (χ1) is 9.15. The third kappa shape index (κ3) is 3.95. The highest BCUT2D eigenvalue weighted by atomic mass is 16.4. The minimum Gasteiger partial charge on any atom is -0.478 e. The predicted octanol–water partition coefficient (Wildman–Crippen LogP) is 2.20. The van der Waals surface area contributed by atoms with Crippen molar-refractivity contribution in [2.75, 3.05) is 0 Å². The molecule has 4 nitrogen and oxygen atoms in total. The molecule has 1 amide bonds. The van der Waals surface area contributed by atoms with Crippen LogP contribution in [0, 0.1) is 5.92 Å². The lowest BCUT2D eigenvalue weighted by Crippen LogP contribution is -2.33. The van der Waals surface area contributed by atoms with Gasteiger partial charge in [0.05, 0.1) is 0 Å². The first kappa shape index (κ1) is 13.3. The Morgan fingerprint density at radius 3 is 2.79 bits per heavy atom. The van der Waals surface area contributed by atoms with Crippen molar-refractivity contribution in [2.24, 2.45) is 5.92 Å². The van der Waals surface area contributed by atoms with E-state index in [1.807, 2.05) is 24.3 Å². The second-order valence-corrected chi connectivity index (χ2v) is 4.76. The molecule has 0 unspecified atom stereocenters. The quantitative estimate of drug-likeness (QED) is 0.797. The van der Waals surface area contributed by atoms with Gasteiger partial charge < -0.3 is 10.4 Å². The van der Waals surface area contributed by atoms with Crippen LogP contribution in [0.4, 0.5) is 0 Å². The van der Waals surface area contributed by atoms with Gasteiger partial charge in [-0.15, -0.1) is 0 Å². The molecule has 0 aromatic heterocycles. The summed E-state index contributed by atoms with van der Waals surface area (Å²) >= 11 is 0. The molecule has 1 saturated carbocycles. The lowest BCUT2D eigenvalue weighted by Gasteiger charge is -2.24. The first-order valence-corrected chi connectivity index (χ1v) is 6.43. The van der Waals surface area contributed by atoms with Crippen LogP contribution >= 0.6 is 0 Å². The van der Waals surface area contributed by atoms with Gasteiger partial charge in [-0.1, -0.05) is 24.6 Å². The second-order valence-electron chi connectivity index (χ2n) is 4.76. The smallest absolute Gasteiger partial charge is 0.328 e. The topological polar surface area (TPSA) is 66.4 Å². The molecule has 1 aliphatic rings. The third-order valence-corrected chi connectivity index (χ3v) is 3.31. The lowest BCUT2D eigenvalue weighted by atomic mass is 9.85. The Balaban J connectivity index is 1.91. The fourth-order valence-electron chi connectivity index (χ4n) is 1.98. The van der Waals surface area contributed by atoms with Crippen molar-refractivity contribution in [2.45, 2.75) is 25.8 Å². The maximum absolute atomic E-state index is 11.7. The van der Waals surface area contributed by atoms with Gasteiger partial charge in [0.2, 0.25) is 5.91 Å². The zero-order chi connectivity index (χ0) is 13.7. The monoisotopic (exact) mass is 259 g/mol. The van der Waals surface area contributed by atoms with Crippen molar-refractivity contribution in [1.82, 2.24) is 5.32 Å². The molecule has 0 heterocycles. The zero-order valence-corrected chi connectivity index (χ0v) is 10.6. The van der Waals surface area contributed by atoms with Crippen LogP contribution in [0.5, 0.6) is 0 Å². The Bertz CT molecular complexity index is 504. The number of carbonyl (C=O) groups is 2. The lowest BCUT2D eigenvalue weighted by molar-refractivity contribution is -0.131. The molecule has 1 aliphatic carbocycles. The van der Waals surface area contributed by atoms with E-state index in [-0.39, 0.29) is 11.8 Å². The van der Waals surface area contributed by atoms with Crippen LogP contribution in [0.2, 0.25) is 0 Å². The number of hydrogen-bond donors (Lipinski definition) is 2. The van der Waals surface area contributed by atoms with E-state index in [9.17, 15) is 9.59 Å². The number of carboxylic acids is 1. The maximum Gasteiger partial charge on any atom is 0.328 e. The molecule has 4 heteroatoms. The van der Waals surface area contributed by atoms with Crippen molar-refractivity contribution in [3.63, 3.8) is 0 Å². The van der Waals surface area contributed by atoms with E-state index < -0.39 is 5.97 Å². The molecule has 1 aromatic carbocycles. The summed E-state index contributed by atoms with van der Waals surface area (Å²) in [6, 6.07) is 7.47. The van der Waals surface area contributed by atoms with E-state index >= 15 is 0 Å². The molecule has 1 aromatic rings. The number of carbonyl (C=O) groups excluding carboxylic acids is 1. The highest BCUT2D eigenvalue weighted by molar-refractivity contribution is 5.85. The number of aliphatic carboxylic acids is 1. The summed E-state index contributed by atoms with van der Waals surface area (Å²) in [5.41, 5.74) is 1.79. The standard InChI is InChI=1S/C15H17NO3/c17-14(18)8-7-11-3-1-4-12(9-11)10-16-15(19)13-5-2-6-13/h1,3-4,7-9,13H,2,5-6,10H2,(H,16,19)(H,17,18)/b8-7+. The van der Waals surface area contributed by atoms with E-state index in [1.165, 1.54) is 0 Å². The number of amides is 1. The normalized spacial score (nSPS) is 15.2. The van der Waals surface area contributed by atoms with Gasteiger partial charge in [0.1, 0.15) is 0 Å². The van der Waals surface area contributed by atoms with Gasteiger partial charge in [-0.2, -0.15) is 0 Å². The van der Waals surface area contributed by atoms with Crippen molar-refractivity contribution in [3.8, 4) is 0 Å². The fourth-order valence-corrected chi connectivity index (χ4v) is 1.98. The highest BCUT2D eigenvalue weighted by Crippen LogP contribution is 2.26. The van der Waals surface area contributed by atoms with E-state index in [0.29, 0.717) is 6.54 Å². The minimum atomic E-state index is -0.969. The molecular formula is C15H17NO3. The molecule has 19 heavy (non-hydrogen) atoms. The summed E-state index contributed by atoms with van der Waals surface area (Å²) in [6.07, 6.45) is 5.78. The van der Waals surface area contributed by atoms with Crippen LogP contribution in [0.3, 0.4) is 0 Å². The molecule has 1 fully saturated rings. The summed E-state index contributed by atoms with van der Waals surface area (Å²) in [4.78, 5) is 22.1. The predicted molar refractivity (Wildman–Crippen MR) is 72.3 cm³/mol. The Morgan fingerprint density at radius 2 is 2.16 bits per heavy atom. The van der Waals surface area contributed by atoms with Crippen molar-refractivity contribution in [3.05, 3.63) is 41.5 Å². The summed E-state index contributed by atoms with van der Waals surface area (Å²) in [5, 5.41) is 11.5. The summed E-state index contributed by atoms with van der Waals surface area (Å²) < 4.78 is 0. The Hall–Kier alpha value is -2.10. The SMILES string of the molecule is O=C(O)/C=C/c1cccc(CNC(=O)C2CCC2)c1. The van der Waals surface area contributed by atoms with Gasteiger partial charge in [0.25, 0.3) is 0 Å². The fraction of sp³-hybridized carbons (Fsp3) is 0.333. The highest BCUT2D eigenvalue weighted by Gasteiger charge is 2.24. The van der Waals surface area contributed by atoms with Gasteiger partial charge in [-0.25, -0.2) is 4.79 Å². The van der Waals surface area contributed by atoms with Gasteiger partial charge in [-0.05, 0) is 36.1 Å². The second kappa shape index (κ2) is 6.18. The molecule has 0 saturated heterocycles. The molecule has 2 N–H and O–H groups in total. The van der Waals surface area contributed by atoms with Crippen LogP contribution in [0.25, 0.3) is 6.08 Å². The molecule has 0 bridgehead atoms. The zero-order valence-electron chi connectivity index (χ0n) is 10.6.